The molecule has 2 amide bonds. The van der Waals surface area contributed by atoms with Gasteiger partial charge in [-0.25, -0.2) is 13.2 Å². The number of amides is 2. The first-order chi connectivity index (χ1) is 20.1. The maximum Gasteiger partial charge on any atom is 0.411 e. The van der Waals surface area contributed by atoms with E-state index in [2.05, 4.69) is 16.0 Å². The molecule has 0 saturated heterocycles. The van der Waals surface area contributed by atoms with E-state index in [0.717, 1.165) is 16.3 Å². The maximum atomic E-state index is 13.7. The quantitative estimate of drug-likeness (QED) is 0.170. The molecule has 0 aliphatic carbocycles. The Morgan fingerprint density at radius 1 is 1.00 bits per heavy atom. The van der Waals surface area contributed by atoms with E-state index in [1.54, 1.807) is 13.0 Å². The Kier molecular flexibility index (Phi) is 8.12. The highest BCUT2D eigenvalue weighted by atomic mass is 32.2. The van der Waals surface area contributed by atoms with Crippen LogP contribution in [0.3, 0.4) is 0 Å². The molecule has 2 aliphatic rings. The molecular weight excluding hydrogens is 554 g/mol. The van der Waals surface area contributed by atoms with Gasteiger partial charge in [-0.05, 0) is 63.9 Å². The van der Waals surface area contributed by atoms with Gasteiger partial charge >= 0.3 is 6.09 Å². The molecule has 0 aromatic heterocycles. The topological polar surface area (TPSA) is 163 Å². The molecule has 4 aromatic rings. The molecule has 4 bridgehead atoms. The number of sulfone groups is 1. The summed E-state index contributed by atoms with van der Waals surface area (Å²) in [6.07, 6.45) is -0.180. The Morgan fingerprint density at radius 3 is 2.48 bits per heavy atom. The van der Waals surface area contributed by atoms with Crippen LogP contribution in [-0.4, -0.2) is 38.6 Å². The first kappa shape index (κ1) is 28.6. The molecule has 216 valence electrons. The number of hydrogen-bond acceptors (Lipinski definition) is 7. The van der Waals surface area contributed by atoms with Crippen molar-refractivity contribution in [2.45, 2.75) is 30.8 Å². The molecule has 0 fully saturated rings. The van der Waals surface area contributed by atoms with Gasteiger partial charge in [0.1, 0.15) is 11.9 Å². The average molecular weight is 586 g/mol. The van der Waals surface area contributed by atoms with Crippen LogP contribution in [0.4, 0.5) is 16.2 Å². The fraction of sp³-hybridized carbons (Fsp3) is 0.194. The number of carbonyl (C=O) groups excluding carboxylic acids is 2. The van der Waals surface area contributed by atoms with Gasteiger partial charge in [-0.2, -0.15) is 0 Å². The van der Waals surface area contributed by atoms with Crippen molar-refractivity contribution in [3.8, 4) is 0 Å². The Hall–Kier alpha value is -4.90. The van der Waals surface area contributed by atoms with Gasteiger partial charge in [-0.15, -0.1) is 0 Å². The third kappa shape index (κ3) is 6.36. The number of nitrogens with two attached hydrogens (primary N) is 1. The molecule has 1 atom stereocenters. The number of nitrogens with one attached hydrogen (secondary N) is 4. The van der Waals surface area contributed by atoms with E-state index in [-0.39, 0.29) is 35.5 Å². The van der Waals surface area contributed by atoms with Crippen LogP contribution in [0.15, 0.2) is 83.8 Å². The van der Waals surface area contributed by atoms with Crippen LogP contribution in [0.5, 0.6) is 0 Å². The molecule has 0 radical (unpaired) electrons. The molecule has 2 heterocycles. The summed E-state index contributed by atoms with van der Waals surface area (Å²) in [7, 11) is -3.61. The molecule has 10 nitrogen and oxygen atoms in total. The molecule has 2 aliphatic heterocycles. The fourth-order valence-corrected chi connectivity index (χ4v) is 5.92. The van der Waals surface area contributed by atoms with Crippen molar-refractivity contribution in [3.63, 3.8) is 0 Å². The molecular formula is C31H31N5O5S. The molecule has 0 unspecified atom stereocenters. The summed E-state index contributed by atoms with van der Waals surface area (Å²) >= 11 is 0. The summed E-state index contributed by atoms with van der Waals surface area (Å²) in [5, 5.41) is 18.3. The molecule has 0 saturated carbocycles. The van der Waals surface area contributed by atoms with Gasteiger partial charge < -0.3 is 21.1 Å². The molecule has 0 spiro atoms. The van der Waals surface area contributed by atoms with Crippen molar-refractivity contribution in [3.05, 3.63) is 101 Å². The van der Waals surface area contributed by atoms with Crippen molar-refractivity contribution in [1.29, 1.82) is 5.41 Å². The number of fused-ring (bicyclic) bond motifs is 10. The van der Waals surface area contributed by atoms with E-state index in [1.165, 1.54) is 18.2 Å². The van der Waals surface area contributed by atoms with Crippen LogP contribution in [0, 0.1) is 5.41 Å². The lowest BCUT2D eigenvalue weighted by Crippen LogP contribution is -2.33. The van der Waals surface area contributed by atoms with Crippen LogP contribution in [-0.2, 0) is 32.3 Å². The maximum absolute atomic E-state index is 13.7. The normalized spacial score (nSPS) is 15.9. The zero-order valence-electron chi connectivity index (χ0n) is 22.9. The summed E-state index contributed by atoms with van der Waals surface area (Å²) in [4.78, 5) is 26.1. The summed E-state index contributed by atoms with van der Waals surface area (Å²) in [6.45, 7) is 1.61. The number of benzene rings is 4. The van der Waals surface area contributed by atoms with Crippen LogP contribution < -0.4 is 21.7 Å². The van der Waals surface area contributed by atoms with E-state index < -0.39 is 22.0 Å². The van der Waals surface area contributed by atoms with Crippen LogP contribution in [0.2, 0.25) is 0 Å². The van der Waals surface area contributed by atoms with Crippen LogP contribution in [0.1, 0.15) is 35.2 Å². The molecule has 42 heavy (non-hydrogen) atoms. The molecule has 11 heteroatoms. The lowest BCUT2D eigenvalue weighted by Gasteiger charge is -2.22. The summed E-state index contributed by atoms with van der Waals surface area (Å²) in [6, 6.07) is 22.2. The third-order valence-corrected chi connectivity index (χ3v) is 8.96. The third-order valence-electron chi connectivity index (χ3n) is 7.14. The van der Waals surface area contributed by atoms with Crippen molar-refractivity contribution >= 4 is 49.8 Å². The van der Waals surface area contributed by atoms with Gasteiger partial charge in [0.15, 0.2) is 9.84 Å². The molecule has 6 rings (SSSR count). The molecule has 6 N–H and O–H groups in total. The Labute approximate surface area is 243 Å². The van der Waals surface area contributed by atoms with Crippen molar-refractivity contribution in [1.82, 2.24) is 5.32 Å². The van der Waals surface area contributed by atoms with E-state index in [4.69, 9.17) is 15.9 Å². The van der Waals surface area contributed by atoms with E-state index in [0.29, 0.717) is 34.5 Å². The van der Waals surface area contributed by atoms with Crippen LogP contribution >= 0.6 is 0 Å². The van der Waals surface area contributed by atoms with E-state index >= 15 is 0 Å². The highest BCUT2D eigenvalue weighted by Gasteiger charge is 2.23. The Balaban J connectivity index is 1.50. The first-order valence-electron chi connectivity index (χ1n) is 13.4. The standard InChI is InChI=1S/C31H31N5O5S/c1-2-42(39,40)27-12-11-26-17-24(27)18-34-30(37)28(20-5-3-19(4-6-20)13-14-41-31(38)36-26)35-25-10-9-21-15-23(29(32)33)8-7-22(21)16-25/h3-12,15-17,28,35H,2,13-14,18H2,1H3,(H3,32,33)(H,34,37)(H,36,38)/t28-/m1/s1. The fourth-order valence-electron chi connectivity index (χ4n) is 4.80. The van der Waals surface area contributed by atoms with Gasteiger partial charge in [0.2, 0.25) is 5.91 Å². The predicted molar refractivity (Wildman–Crippen MR) is 162 cm³/mol. The second kappa shape index (κ2) is 11.9. The van der Waals surface area contributed by atoms with Crippen molar-refractivity contribution in [2.75, 3.05) is 23.0 Å². The number of nitrogen functional groups attached to an aromatic ring is 1. The number of amidine groups is 1. The van der Waals surface area contributed by atoms with Crippen molar-refractivity contribution < 1.29 is 22.7 Å². The monoisotopic (exact) mass is 585 g/mol. The lowest BCUT2D eigenvalue weighted by atomic mass is 10.0. The summed E-state index contributed by atoms with van der Waals surface area (Å²) < 4.78 is 30.9. The highest BCUT2D eigenvalue weighted by Crippen LogP contribution is 2.27. The average Bonchev–Trinajstić information content (AvgIpc) is 2.98. The second-order valence-electron chi connectivity index (χ2n) is 9.96. The van der Waals surface area contributed by atoms with Gasteiger partial charge in [0.05, 0.1) is 17.3 Å². The van der Waals surface area contributed by atoms with E-state index in [9.17, 15) is 18.0 Å². The SMILES string of the molecule is CCS(=O)(=O)c1ccc2cc1CNC(=O)[C@H](Nc1ccc3cc(C(=N)N)ccc3c1)c1ccc(cc1)CCOC(=O)N2. The zero-order chi connectivity index (χ0) is 29.9. The number of hydrogen-bond donors (Lipinski definition) is 5. The smallest absolute Gasteiger partial charge is 0.411 e. The highest BCUT2D eigenvalue weighted by molar-refractivity contribution is 7.91. The largest absolute Gasteiger partial charge is 0.449 e. The van der Waals surface area contributed by atoms with Gasteiger partial charge in [-0.1, -0.05) is 49.4 Å². The minimum Gasteiger partial charge on any atom is -0.449 e. The first-order valence-corrected chi connectivity index (χ1v) is 15.1. The van der Waals surface area contributed by atoms with Gasteiger partial charge in [0.25, 0.3) is 0 Å². The second-order valence-corrected chi connectivity index (χ2v) is 12.2. The van der Waals surface area contributed by atoms with Crippen LogP contribution in [0.25, 0.3) is 10.8 Å². The predicted octanol–water partition coefficient (Wildman–Crippen LogP) is 4.49. The van der Waals surface area contributed by atoms with Gasteiger partial charge in [-0.3, -0.25) is 15.5 Å². The lowest BCUT2D eigenvalue weighted by molar-refractivity contribution is -0.122. The Morgan fingerprint density at radius 2 is 1.74 bits per heavy atom. The minimum absolute atomic E-state index is 0.0142. The number of ether oxygens (including phenoxy) is 1. The molecule has 4 aromatic carbocycles. The Bertz CT molecular complexity index is 1790. The zero-order valence-corrected chi connectivity index (χ0v) is 23.8. The summed E-state index contributed by atoms with van der Waals surface area (Å²) in [5.74, 6) is -0.492. The number of carbonyl (C=O) groups is 2. The number of anilines is 2. The number of rotatable bonds is 5. The summed E-state index contributed by atoms with van der Waals surface area (Å²) in [5.41, 5.74) is 9.28. The van der Waals surface area contributed by atoms with E-state index in [1.807, 2.05) is 54.6 Å². The van der Waals surface area contributed by atoms with Crippen molar-refractivity contribution in [2.24, 2.45) is 5.73 Å². The minimum atomic E-state index is -3.61. The van der Waals surface area contributed by atoms with Gasteiger partial charge in [0, 0.05) is 29.9 Å².